The molecule has 170 valence electrons. The third-order valence-corrected chi connectivity index (χ3v) is 6.15. The summed E-state index contributed by atoms with van der Waals surface area (Å²) in [5, 5.41) is 2.80. The Morgan fingerprint density at radius 3 is 1.71 bits per heavy atom. The Hall–Kier alpha value is -4.84. The van der Waals surface area contributed by atoms with Crippen molar-refractivity contribution in [3.05, 3.63) is 114 Å². The predicted molar refractivity (Wildman–Crippen MR) is 136 cm³/mol. The Labute approximate surface area is 201 Å². The van der Waals surface area contributed by atoms with Crippen LogP contribution in [0.15, 0.2) is 113 Å². The maximum atomic E-state index is 13.5. The highest BCUT2D eigenvalue weighted by atomic mass is 16.3. The van der Waals surface area contributed by atoms with Gasteiger partial charge >= 0.3 is 0 Å². The quantitative estimate of drug-likeness (QED) is 0.251. The SMILES string of the molecule is Cn1c(-c2ccccc2)cc2oc(C=C3C(=O)N(c4ccccc4)N(c4ccccc4)C3=O)cc21. The molecule has 0 N–H and O–H groups in total. The zero-order valence-corrected chi connectivity index (χ0v) is 19.0. The van der Waals surface area contributed by atoms with Gasteiger partial charge in [-0.1, -0.05) is 66.7 Å². The molecule has 0 atom stereocenters. The van der Waals surface area contributed by atoms with Crippen LogP contribution in [0.25, 0.3) is 28.4 Å². The van der Waals surface area contributed by atoms with Crippen molar-refractivity contribution in [3.8, 4) is 11.3 Å². The van der Waals surface area contributed by atoms with Gasteiger partial charge in [0.2, 0.25) is 0 Å². The van der Waals surface area contributed by atoms with Gasteiger partial charge in [0.05, 0.1) is 22.6 Å². The fourth-order valence-electron chi connectivity index (χ4n) is 4.46. The van der Waals surface area contributed by atoms with Gasteiger partial charge in [-0.25, -0.2) is 10.0 Å². The molecule has 1 aliphatic heterocycles. The topological polar surface area (TPSA) is 58.7 Å². The first-order chi connectivity index (χ1) is 17.1. The first kappa shape index (κ1) is 20.7. The van der Waals surface area contributed by atoms with Gasteiger partial charge in [-0.15, -0.1) is 0 Å². The molecular formula is C29H21N3O3. The van der Waals surface area contributed by atoms with E-state index in [1.54, 1.807) is 24.3 Å². The van der Waals surface area contributed by atoms with E-state index in [9.17, 15) is 9.59 Å². The second kappa shape index (κ2) is 8.18. The van der Waals surface area contributed by atoms with Crippen molar-refractivity contribution >= 4 is 40.4 Å². The van der Waals surface area contributed by atoms with Crippen LogP contribution in [0.3, 0.4) is 0 Å². The van der Waals surface area contributed by atoms with Gasteiger partial charge in [0, 0.05) is 19.2 Å². The Kier molecular flexibility index (Phi) is 4.85. The third kappa shape index (κ3) is 3.43. The van der Waals surface area contributed by atoms with Crippen molar-refractivity contribution < 1.29 is 14.0 Å². The lowest BCUT2D eigenvalue weighted by Gasteiger charge is -2.27. The molecule has 0 unspecified atom stereocenters. The number of hydrazine groups is 1. The van der Waals surface area contributed by atoms with E-state index in [0.717, 1.165) is 16.8 Å². The number of aryl methyl sites for hydroxylation is 1. The van der Waals surface area contributed by atoms with E-state index in [4.69, 9.17) is 4.42 Å². The van der Waals surface area contributed by atoms with Crippen LogP contribution in [-0.4, -0.2) is 16.4 Å². The van der Waals surface area contributed by atoms with E-state index in [0.29, 0.717) is 22.7 Å². The molecule has 0 spiro atoms. The van der Waals surface area contributed by atoms with Gasteiger partial charge in [0.15, 0.2) is 5.58 Å². The third-order valence-electron chi connectivity index (χ3n) is 6.15. The number of anilines is 2. The molecule has 1 saturated heterocycles. The summed E-state index contributed by atoms with van der Waals surface area (Å²) in [5.74, 6) is -0.365. The van der Waals surface area contributed by atoms with Gasteiger partial charge in [0.1, 0.15) is 11.3 Å². The number of rotatable bonds is 4. The fourth-order valence-corrected chi connectivity index (χ4v) is 4.46. The van der Waals surface area contributed by atoms with Crippen LogP contribution in [0.1, 0.15) is 5.76 Å². The fraction of sp³-hybridized carbons (Fsp3) is 0.0345. The van der Waals surface area contributed by atoms with Crippen molar-refractivity contribution in [1.82, 2.24) is 4.57 Å². The number of amides is 2. The zero-order valence-electron chi connectivity index (χ0n) is 19.0. The van der Waals surface area contributed by atoms with Crippen LogP contribution in [-0.2, 0) is 16.6 Å². The van der Waals surface area contributed by atoms with E-state index in [1.807, 2.05) is 90.5 Å². The molecule has 1 fully saturated rings. The van der Waals surface area contributed by atoms with E-state index in [1.165, 1.54) is 16.1 Å². The second-order valence-electron chi connectivity index (χ2n) is 8.32. The summed E-state index contributed by atoms with van der Waals surface area (Å²) < 4.78 is 8.10. The minimum atomic E-state index is -0.407. The number of nitrogens with zero attached hydrogens (tertiary/aromatic N) is 3. The van der Waals surface area contributed by atoms with Crippen LogP contribution in [0.4, 0.5) is 11.4 Å². The predicted octanol–water partition coefficient (Wildman–Crippen LogP) is 5.82. The molecule has 2 amide bonds. The Morgan fingerprint density at radius 1 is 0.686 bits per heavy atom. The number of hydrogen-bond donors (Lipinski definition) is 0. The molecule has 0 aliphatic carbocycles. The largest absolute Gasteiger partial charge is 0.455 e. The van der Waals surface area contributed by atoms with Gasteiger partial charge in [-0.05, 0) is 35.9 Å². The molecule has 5 aromatic rings. The van der Waals surface area contributed by atoms with Gasteiger partial charge in [-0.3, -0.25) is 9.59 Å². The summed E-state index contributed by atoms with van der Waals surface area (Å²) >= 11 is 0. The summed E-state index contributed by atoms with van der Waals surface area (Å²) in [4.78, 5) is 27.0. The Balaban J connectivity index is 1.42. The minimum Gasteiger partial charge on any atom is -0.455 e. The molecule has 0 radical (unpaired) electrons. The normalized spacial score (nSPS) is 13.8. The maximum absolute atomic E-state index is 13.5. The molecule has 6 nitrogen and oxygen atoms in total. The van der Waals surface area contributed by atoms with Crippen molar-refractivity contribution in [2.45, 2.75) is 0 Å². The highest BCUT2D eigenvalue weighted by Gasteiger charge is 2.43. The number of hydrogen-bond acceptors (Lipinski definition) is 3. The first-order valence-electron chi connectivity index (χ1n) is 11.3. The zero-order chi connectivity index (χ0) is 23.9. The molecule has 3 aromatic carbocycles. The van der Waals surface area contributed by atoms with E-state index < -0.39 is 11.8 Å². The van der Waals surface area contributed by atoms with Crippen LogP contribution >= 0.6 is 0 Å². The van der Waals surface area contributed by atoms with Gasteiger partial charge < -0.3 is 8.98 Å². The minimum absolute atomic E-state index is 0.0417. The first-order valence-corrected chi connectivity index (χ1v) is 11.3. The molecular weight excluding hydrogens is 438 g/mol. The van der Waals surface area contributed by atoms with Crippen LogP contribution < -0.4 is 10.0 Å². The van der Waals surface area contributed by atoms with Crippen LogP contribution in [0.2, 0.25) is 0 Å². The highest BCUT2D eigenvalue weighted by molar-refractivity contribution is 6.38. The van der Waals surface area contributed by atoms with Crippen LogP contribution in [0, 0.1) is 0 Å². The van der Waals surface area contributed by atoms with Crippen molar-refractivity contribution in [2.24, 2.45) is 7.05 Å². The molecule has 2 aromatic heterocycles. The number of fused-ring (bicyclic) bond motifs is 1. The molecule has 3 heterocycles. The lowest BCUT2D eigenvalue weighted by Crippen LogP contribution is -2.41. The average Bonchev–Trinajstić information content (AvgIpc) is 3.52. The summed E-state index contributed by atoms with van der Waals surface area (Å²) in [5.41, 5.74) is 4.94. The number of benzene rings is 3. The second-order valence-corrected chi connectivity index (χ2v) is 8.32. The van der Waals surface area contributed by atoms with Crippen LogP contribution in [0.5, 0.6) is 0 Å². The van der Waals surface area contributed by atoms with Gasteiger partial charge in [0.25, 0.3) is 11.8 Å². The monoisotopic (exact) mass is 459 g/mol. The summed E-state index contributed by atoms with van der Waals surface area (Å²) in [6, 6.07) is 32.2. The van der Waals surface area contributed by atoms with E-state index in [2.05, 4.69) is 0 Å². The number of para-hydroxylation sites is 2. The lowest BCUT2D eigenvalue weighted by molar-refractivity contribution is -0.116. The number of carbonyl (C=O) groups excluding carboxylic acids is 2. The molecule has 1 aliphatic rings. The number of carbonyl (C=O) groups is 2. The highest BCUT2D eigenvalue weighted by Crippen LogP contribution is 2.34. The molecule has 6 rings (SSSR count). The maximum Gasteiger partial charge on any atom is 0.283 e. The van der Waals surface area contributed by atoms with Crippen molar-refractivity contribution in [2.75, 3.05) is 10.0 Å². The van der Waals surface area contributed by atoms with Gasteiger partial charge in [-0.2, -0.15) is 0 Å². The average molecular weight is 460 g/mol. The summed E-state index contributed by atoms with van der Waals surface area (Å²) in [6.45, 7) is 0. The van der Waals surface area contributed by atoms with Crippen molar-refractivity contribution in [3.63, 3.8) is 0 Å². The van der Waals surface area contributed by atoms with E-state index in [-0.39, 0.29) is 5.57 Å². The molecule has 6 heteroatoms. The Morgan fingerprint density at radius 2 is 1.20 bits per heavy atom. The standard InChI is InChI=1S/C29H21N3O3/c1-30-25(20-11-5-2-6-12-20)19-27-26(30)18-23(35-27)17-24-28(33)31(21-13-7-3-8-14-21)32(29(24)34)22-15-9-4-10-16-22/h2-19H,1H3. The summed E-state index contributed by atoms with van der Waals surface area (Å²) in [6.07, 6.45) is 1.53. The van der Waals surface area contributed by atoms with Crippen molar-refractivity contribution in [1.29, 1.82) is 0 Å². The smallest absolute Gasteiger partial charge is 0.283 e. The molecule has 0 saturated carbocycles. The number of furan rings is 1. The molecule has 35 heavy (non-hydrogen) atoms. The number of aromatic nitrogens is 1. The van der Waals surface area contributed by atoms with E-state index >= 15 is 0 Å². The Bertz CT molecular complexity index is 1520. The molecule has 0 bridgehead atoms. The summed E-state index contributed by atoms with van der Waals surface area (Å²) in [7, 11) is 1.97. The lowest BCUT2D eigenvalue weighted by atomic mass is 10.1.